The third kappa shape index (κ3) is 5.05. The Morgan fingerprint density at radius 3 is 2.48 bits per heavy atom. The monoisotopic (exact) mass is 334 g/mol. The summed E-state index contributed by atoms with van der Waals surface area (Å²) in [6.07, 6.45) is -0.0811. The second-order valence-corrected chi connectivity index (χ2v) is 6.08. The van der Waals surface area contributed by atoms with Crippen LogP contribution in [0.25, 0.3) is 0 Å². The maximum Gasteiger partial charge on any atom is 0.225 e. The minimum Gasteiger partial charge on any atom is -0.348 e. The number of hydrogen-bond acceptors (Lipinski definition) is 2. The smallest absolute Gasteiger partial charge is 0.225 e. The lowest BCUT2D eigenvalue weighted by molar-refractivity contribution is -0.121. The number of amides is 1. The van der Waals surface area contributed by atoms with Gasteiger partial charge in [0.05, 0.1) is 12.5 Å². The fourth-order valence-electron chi connectivity index (χ4n) is 2.39. The number of halogens is 2. The van der Waals surface area contributed by atoms with E-state index in [1.165, 1.54) is 12.1 Å². The standard InChI is InChI=1S/C18H20ClFN2O/c1-22(2)12-17(13-7-4-3-5-8-13)21-18(23)11-14-15(19)9-6-10-16(14)20/h3-10,17H,11-12H2,1-2H3,(H,21,23)/t17-/m1/s1. The van der Waals surface area contributed by atoms with Crippen LogP contribution in [0.2, 0.25) is 5.02 Å². The summed E-state index contributed by atoms with van der Waals surface area (Å²) in [5, 5.41) is 3.23. The minimum absolute atomic E-state index is 0.0811. The molecule has 3 nitrogen and oxygen atoms in total. The van der Waals surface area contributed by atoms with Crippen LogP contribution >= 0.6 is 11.6 Å². The molecule has 1 atom stereocenters. The number of nitrogens with one attached hydrogen (secondary N) is 1. The van der Waals surface area contributed by atoms with Gasteiger partial charge in [-0.2, -0.15) is 0 Å². The van der Waals surface area contributed by atoms with Gasteiger partial charge in [-0.05, 0) is 31.8 Å². The van der Waals surface area contributed by atoms with Crippen LogP contribution in [0.3, 0.4) is 0 Å². The van der Waals surface area contributed by atoms with Gasteiger partial charge in [-0.25, -0.2) is 4.39 Å². The van der Waals surface area contributed by atoms with E-state index in [0.717, 1.165) is 5.56 Å². The van der Waals surface area contributed by atoms with Crippen molar-refractivity contribution in [3.63, 3.8) is 0 Å². The highest BCUT2D eigenvalue weighted by Gasteiger charge is 2.18. The summed E-state index contributed by atoms with van der Waals surface area (Å²) in [4.78, 5) is 14.3. The lowest BCUT2D eigenvalue weighted by Gasteiger charge is -2.23. The highest BCUT2D eigenvalue weighted by atomic mass is 35.5. The van der Waals surface area contributed by atoms with E-state index in [4.69, 9.17) is 11.6 Å². The molecule has 0 spiro atoms. The van der Waals surface area contributed by atoms with E-state index in [0.29, 0.717) is 6.54 Å². The van der Waals surface area contributed by atoms with E-state index in [9.17, 15) is 9.18 Å². The molecule has 2 aromatic carbocycles. The summed E-state index contributed by atoms with van der Waals surface area (Å²) in [5.74, 6) is -0.718. The van der Waals surface area contributed by atoms with E-state index in [1.54, 1.807) is 6.07 Å². The van der Waals surface area contributed by atoms with Crippen LogP contribution < -0.4 is 5.32 Å². The molecule has 122 valence electrons. The number of benzene rings is 2. The molecule has 2 aromatic rings. The van der Waals surface area contributed by atoms with Crippen LogP contribution in [0, 0.1) is 5.82 Å². The first-order valence-electron chi connectivity index (χ1n) is 7.39. The molecule has 0 aliphatic rings. The van der Waals surface area contributed by atoms with Crippen LogP contribution in [0.1, 0.15) is 17.2 Å². The van der Waals surface area contributed by atoms with Crippen molar-refractivity contribution in [2.24, 2.45) is 0 Å². The molecule has 0 heterocycles. The molecule has 0 aromatic heterocycles. The van der Waals surface area contributed by atoms with Crippen molar-refractivity contribution in [3.05, 3.63) is 70.5 Å². The van der Waals surface area contributed by atoms with E-state index < -0.39 is 5.82 Å². The van der Waals surface area contributed by atoms with Crippen molar-refractivity contribution in [3.8, 4) is 0 Å². The third-order valence-corrected chi connectivity index (χ3v) is 3.84. The largest absolute Gasteiger partial charge is 0.348 e. The predicted molar refractivity (Wildman–Crippen MR) is 91.0 cm³/mol. The molecule has 1 amide bonds. The Balaban J connectivity index is 2.12. The SMILES string of the molecule is CN(C)C[C@@H](NC(=O)Cc1c(F)cccc1Cl)c1ccccc1. The first kappa shape index (κ1) is 17.4. The lowest BCUT2D eigenvalue weighted by Crippen LogP contribution is -2.36. The van der Waals surface area contributed by atoms with E-state index in [2.05, 4.69) is 5.32 Å². The molecular weight excluding hydrogens is 315 g/mol. The van der Waals surface area contributed by atoms with Gasteiger partial charge in [0.1, 0.15) is 5.82 Å². The summed E-state index contributed by atoms with van der Waals surface area (Å²) in [6, 6.07) is 14.0. The molecule has 0 fully saturated rings. The van der Waals surface area contributed by atoms with Crippen LogP contribution in [0.5, 0.6) is 0 Å². The zero-order valence-electron chi connectivity index (χ0n) is 13.2. The number of carbonyl (C=O) groups excluding carboxylic acids is 1. The van der Waals surface area contributed by atoms with Crippen LogP contribution in [0.15, 0.2) is 48.5 Å². The first-order chi connectivity index (χ1) is 11.0. The number of hydrogen-bond donors (Lipinski definition) is 1. The van der Waals surface area contributed by atoms with Crippen molar-refractivity contribution in [2.75, 3.05) is 20.6 Å². The fourth-order valence-corrected chi connectivity index (χ4v) is 2.62. The Morgan fingerprint density at radius 1 is 1.17 bits per heavy atom. The minimum atomic E-state index is -0.462. The second-order valence-electron chi connectivity index (χ2n) is 5.67. The summed E-state index contributed by atoms with van der Waals surface area (Å²) in [7, 11) is 3.88. The quantitative estimate of drug-likeness (QED) is 0.877. The lowest BCUT2D eigenvalue weighted by atomic mass is 10.1. The van der Waals surface area contributed by atoms with E-state index in [1.807, 2.05) is 49.3 Å². The zero-order chi connectivity index (χ0) is 16.8. The topological polar surface area (TPSA) is 32.3 Å². The maximum absolute atomic E-state index is 13.8. The maximum atomic E-state index is 13.8. The van der Waals surface area contributed by atoms with Crippen molar-refractivity contribution >= 4 is 17.5 Å². The molecule has 0 saturated heterocycles. The van der Waals surface area contributed by atoms with Gasteiger partial charge in [-0.1, -0.05) is 48.0 Å². The highest BCUT2D eigenvalue weighted by Crippen LogP contribution is 2.20. The molecule has 0 unspecified atom stereocenters. The fraction of sp³-hybridized carbons (Fsp3) is 0.278. The summed E-state index contributed by atoms with van der Waals surface area (Å²) in [6.45, 7) is 0.654. The van der Waals surface area contributed by atoms with Gasteiger partial charge in [0.25, 0.3) is 0 Å². The average molecular weight is 335 g/mol. The third-order valence-electron chi connectivity index (χ3n) is 3.48. The van der Waals surface area contributed by atoms with Gasteiger partial charge in [0.15, 0.2) is 0 Å². The van der Waals surface area contributed by atoms with E-state index >= 15 is 0 Å². The van der Waals surface area contributed by atoms with Gasteiger partial charge in [-0.15, -0.1) is 0 Å². The molecule has 0 bridgehead atoms. The zero-order valence-corrected chi connectivity index (χ0v) is 14.0. The molecule has 1 N–H and O–H groups in total. The van der Waals surface area contributed by atoms with Crippen molar-refractivity contribution in [1.82, 2.24) is 10.2 Å². The Kier molecular flexibility index (Phi) is 6.13. The van der Waals surface area contributed by atoms with Gasteiger partial charge >= 0.3 is 0 Å². The molecule has 0 aliphatic heterocycles. The van der Waals surface area contributed by atoms with Crippen LogP contribution in [0.4, 0.5) is 4.39 Å². The number of carbonyl (C=O) groups is 1. The normalized spacial score (nSPS) is 12.2. The van der Waals surface area contributed by atoms with Gasteiger partial charge in [0, 0.05) is 17.1 Å². The van der Waals surface area contributed by atoms with E-state index in [-0.39, 0.29) is 29.0 Å². The number of rotatable bonds is 6. The van der Waals surface area contributed by atoms with Crippen molar-refractivity contribution in [2.45, 2.75) is 12.5 Å². The van der Waals surface area contributed by atoms with Gasteiger partial charge in [-0.3, -0.25) is 4.79 Å². The van der Waals surface area contributed by atoms with Crippen molar-refractivity contribution in [1.29, 1.82) is 0 Å². The highest BCUT2D eigenvalue weighted by molar-refractivity contribution is 6.31. The molecule has 2 rings (SSSR count). The Labute approximate surface area is 141 Å². The van der Waals surface area contributed by atoms with Gasteiger partial charge < -0.3 is 10.2 Å². The molecule has 23 heavy (non-hydrogen) atoms. The van der Waals surface area contributed by atoms with Crippen molar-refractivity contribution < 1.29 is 9.18 Å². The molecule has 0 radical (unpaired) electrons. The molecular formula is C18H20ClFN2O. The summed E-state index contributed by atoms with van der Waals surface area (Å²) >= 11 is 5.98. The Morgan fingerprint density at radius 2 is 1.87 bits per heavy atom. The Bertz CT molecular complexity index is 641. The summed E-state index contributed by atoms with van der Waals surface area (Å²) in [5.41, 5.74) is 1.23. The average Bonchev–Trinajstić information content (AvgIpc) is 2.51. The van der Waals surface area contributed by atoms with Gasteiger partial charge in [0.2, 0.25) is 5.91 Å². The molecule has 0 saturated carbocycles. The van der Waals surface area contributed by atoms with Crippen LogP contribution in [-0.4, -0.2) is 31.4 Å². The predicted octanol–water partition coefficient (Wildman–Crippen LogP) is 3.44. The van der Waals surface area contributed by atoms with Crippen LogP contribution in [-0.2, 0) is 11.2 Å². The second kappa shape index (κ2) is 8.09. The summed E-state index contributed by atoms with van der Waals surface area (Å²) < 4.78 is 13.8. The number of likely N-dealkylation sites (N-methyl/N-ethyl adjacent to an activating group) is 1. The number of nitrogens with zero attached hydrogens (tertiary/aromatic N) is 1. The molecule has 0 aliphatic carbocycles. The first-order valence-corrected chi connectivity index (χ1v) is 7.77. The molecule has 5 heteroatoms. The Hall–Kier alpha value is -1.91.